The number of imidazole rings is 1. The molecule has 32 heavy (non-hydrogen) atoms. The predicted octanol–water partition coefficient (Wildman–Crippen LogP) is 2.53. The van der Waals surface area contributed by atoms with Crippen LogP contribution in [0.15, 0.2) is 23.1 Å². The maximum absolute atomic E-state index is 13.4. The molecule has 0 radical (unpaired) electrons. The van der Waals surface area contributed by atoms with Crippen molar-refractivity contribution >= 4 is 22.8 Å². The van der Waals surface area contributed by atoms with Crippen molar-refractivity contribution in [2.24, 2.45) is 7.05 Å². The fourth-order valence-corrected chi connectivity index (χ4v) is 4.00. The lowest BCUT2D eigenvalue weighted by molar-refractivity contribution is -0.286. The van der Waals surface area contributed by atoms with Crippen molar-refractivity contribution in [2.75, 3.05) is 18.5 Å². The Balaban J connectivity index is 1.58. The van der Waals surface area contributed by atoms with Gasteiger partial charge in [-0.1, -0.05) is 0 Å². The first kappa shape index (κ1) is 20.2. The monoisotopic (exact) mass is 444 g/mol. The van der Waals surface area contributed by atoms with Gasteiger partial charge < -0.3 is 19.5 Å². The number of nitrogens with zero attached hydrogens (tertiary/aromatic N) is 5. The number of halogens is 2. The second-order valence-electron chi connectivity index (χ2n) is 7.74. The van der Waals surface area contributed by atoms with Crippen LogP contribution in [-0.2, 0) is 17.3 Å². The van der Waals surface area contributed by atoms with E-state index < -0.39 is 11.8 Å². The molecule has 166 valence electrons. The molecule has 0 aliphatic carbocycles. The number of nitrogens with one attached hydrogen (secondary N) is 1. The quantitative estimate of drug-likeness (QED) is 0.655. The molecule has 10 nitrogen and oxygen atoms in total. The Kier molecular flexibility index (Phi) is 4.35. The van der Waals surface area contributed by atoms with E-state index in [0.29, 0.717) is 48.5 Å². The van der Waals surface area contributed by atoms with Gasteiger partial charge in [0.15, 0.2) is 17.1 Å². The van der Waals surface area contributed by atoms with Crippen LogP contribution in [0.3, 0.4) is 0 Å². The smallest absolute Gasteiger partial charge is 0.395 e. The maximum atomic E-state index is 13.4. The number of hydrogen-bond donors (Lipinski definition) is 1. The van der Waals surface area contributed by atoms with Crippen LogP contribution >= 0.6 is 0 Å². The Bertz CT molecular complexity index is 1340. The molecule has 2 aromatic heterocycles. The number of aromatic nitrogens is 4. The van der Waals surface area contributed by atoms with Gasteiger partial charge in [-0.25, -0.2) is 9.78 Å². The van der Waals surface area contributed by atoms with Crippen molar-refractivity contribution in [3.05, 3.63) is 34.4 Å². The molecule has 0 saturated carbocycles. The van der Waals surface area contributed by atoms with Crippen LogP contribution in [0.5, 0.6) is 11.5 Å². The third-order valence-electron chi connectivity index (χ3n) is 5.75. The summed E-state index contributed by atoms with van der Waals surface area (Å²) in [5.74, 6) is -0.0565. The topological polar surface area (TPSA) is 116 Å². The molecule has 4 heterocycles. The number of fused-ring (bicyclic) bond motifs is 2. The lowest BCUT2D eigenvalue weighted by atomic mass is 9.91. The first-order chi connectivity index (χ1) is 15.2. The Hall–Kier alpha value is -3.72. The highest BCUT2D eigenvalue weighted by atomic mass is 19.3. The van der Waals surface area contributed by atoms with Crippen LogP contribution in [0, 0.1) is 18.3 Å². The van der Waals surface area contributed by atoms with E-state index in [1.54, 1.807) is 14.0 Å². The van der Waals surface area contributed by atoms with E-state index in [9.17, 15) is 18.8 Å². The van der Waals surface area contributed by atoms with E-state index in [1.807, 2.05) is 0 Å². The van der Waals surface area contributed by atoms with Crippen molar-refractivity contribution in [1.82, 2.24) is 19.1 Å². The van der Waals surface area contributed by atoms with Gasteiger partial charge in [0, 0.05) is 44.9 Å². The number of hydrogen-bond acceptors (Lipinski definition) is 8. The molecule has 1 aromatic carbocycles. The normalized spacial score (nSPS) is 18.5. The lowest BCUT2D eigenvalue weighted by Gasteiger charge is -2.31. The van der Waals surface area contributed by atoms with Gasteiger partial charge in [-0.3, -0.25) is 9.13 Å². The average molecular weight is 444 g/mol. The van der Waals surface area contributed by atoms with Crippen LogP contribution in [-0.4, -0.2) is 38.6 Å². The highest BCUT2D eigenvalue weighted by molar-refractivity contribution is 5.74. The highest BCUT2D eigenvalue weighted by Crippen LogP contribution is 2.44. The zero-order valence-electron chi connectivity index (χ0n) is 17.2. The third kappa shape index (κ3) is 3.04. The summed E-state index contributed by atoms with van der Waals surface area (Å²) in [6.45, 7) is 2.41. The first-order valence-corrected chi connectivity index (χ1v) is 9.84. The van der Waals surface area contributed by atoms with Crippen LogP contribution in [0.4, 0.5) is 20.4 Å². The molecular formula is C20H18F2N6O4. The SMILES string of the molecule is Cc1cc2c(cc1Nc1ncc3c(n1)n(C1(C#N)CCOCC1)c(=O)n3C)OC(F)(F)O2. The minimum Gasteiger partial charge on any atom is -0.395 e. The third-order valence-corrected chi connectivity index (χ3v) is 5.75. The number of rotatable bonds is 3. The van der Waals surface area contributed by atoms with Crippen molar-refractivity contribution in [3.63, 3.8) is 0 Å². The summed E-state index contributed by atoms with van der Waals surface area (Å²) in [7, 11) is 1.59. The van der Waals surface area contributed by atoms with Gasteiger partial charge in [0.05, 0.1) is 12.3 Å². The van der Waals surface area contributed by atoms with Crippen LogP contribution < -0.4 is 20.5 Å². The maximum Gasteiger partial charge on any atom is 0.586 e. The zero-order valence-corrected chi connectivity index (χ0v) is 17.2. The molecule has 0 bridgehead atoms. The van der Waals surface area contributed by atoms with Gasteiger partial charge in [0.2, 0.25) is 5.95 Å². The van der Waals surface area contributed by atoms with Crippen LogP contribution in [0.1, 0.15) is 18.4 Å². The van der Waals surface area contributed by atoms with E-state index in [0.717, 1.165) is 0 Å². The van der Waals surface area contributed by atoms with E-state index in [2.05, 4.69) is 30.8 Å². The summed E-state index contributed by atoms with van der Waals surface area (Å²) < 4.78 is 43.9. The largest absolute Gasteiger partial charge is 0.586 e. The molecule has 2 aliphatic heterocycles. The second kappa shape index (κ2) is 6.89. The Morgan fingerprint density at radius 1 is 1.22 bits per heavy atom. The number of benzene rings is 1. The van der Waals surface area contributed by atoms with Crippen LogP contribution in [0.2, 0.25) is 0 Å². The van der Waals surface area contributed by atoms with Gasteiger partial charge in [0.1, 0.15) is 11.1 Å². The second-order valence-corrected chi connectivity index (χ2v) is 7.74. The molecule has 0 amide bonds. The molecular weight excluding hydrogens is 426 g/mol. The fourth-order valence-electron chi connectivity index (χ4n) is 4.00. The molecule has 0 atom stereocenters. The van der Waals surface area contributed by atoms with Crippen molar-refractivity contribution in [2.45, 2.75) is 31.6 Å². The predicted molar refractivity (Wildman–Crippen MR) is 107 cm³/mol. The highest BCUT2D eigenvalue weighted by Gasteiger charge is 2.44. The summed E-state index contributed by atoms with van der Waals surface area (Å²) in [5.41, 5.74) is 0.316. The Morgan fingerprint density at radius 3 is 2.59 bits per heavy atom. The fraction of sp³-hybridized carbons (Fsp3) is 0.400. The number of nitriles is 1. The zero-order chi connectivity index (χ0) is 22.7. The molecule has 2 aliphatic rings. The molecule has 0 unspecified atom stereocenters. The number of anilines is 2. The molecule has 3 aromatic rings. The van der Waals surface area contributed by atoms with Gasteiger partial charge in [-0.2, -0.15) is 10.2 Å². The molecule has 12 heteroatoms. The van der Waals surface area contributed by atoms with Crippen LogP contribution in [0.25, 0.3) is 11.2 Å². The van der Waals surface area contributed by atoms with E-state index in [-0.39, 0.29) is 23.1 Å². The molecule has 1 fully saturated rings. The lowest BCUT2D eigenvalue weighted by Crippen LogP contribution is -2.44. The van der Waals surface area contributed by atoms with Gasteiger partial charge in [-0.15, -0.1) is 8.78 Å². The van der Waals surface area contributed by atoms with Crippen molar-refractivity contribution in [1.29, 1.82) is 5.26 Å². The number of aryl methyl sites for hydroxylation is 2. The van der Waals surface area contributed by atoms with E-state index >= 15 is 0 Å². The van der Waals surface area contributed by atoms with Gasteiger partial charge in [-0.05, 0) is 18.6 Å². The molecule has 1 saturated heterocycles. The molecule has 0 spiro atoms. The van der Waals surface area contributed by atoms with Gasteiger partial charge in [0.25, 0.3) is 0 Å². The van der Waals surface area contributed by atoms with Crippen molar-refractivity contribution < 1.29 is 23.0 Å². The summed E-state index contributed by atoms with van der Waals surface area (Å²) in [5, 5.41) is 12.9. The number of ether oxygens (including phenoxy) is 3. The molecule has 1 N–H and O–H groups in total. The molecule has 5 rings (SSSR count). The minimum absolute atomic E-state index is 0.0678. The first-order valence-electron chi connectivity index (χ1n) is 9.84. The standard InChI is InChI=1S/C20H18F2N6O4/c1-11-7-14-15(32-20(21,22)31-14)8-12(11)25-17-24-9-13-16(26-17)28(18(29)27(13)2)19(10-23)3-5-30-6-4-19/h7-9H,3-6H2,1-2H3,(H,24,25,26). The van der Waals surface area contributed by atoms with Gasteiger partial charge >= 0.3 is 12.0 Å². The van der Waals surface area contributed by atoms with E-state index in [1.165, 1.54) is 27.5 Å². The summed E-state index contributed by atoms with van der Waals surface area (Å²) in [4.78, 5) is 21.8. The summed E-state index contributed by atoms with van der Waals surface area (Å²) in [6, 6.07) is 5.07. The summed E-state index contributed by atoms with van der Waals surface area (Å²) in [6.07, 6.45) is -1.54. The Morgan fingerprint density at radius 2 is 1.91 bits per heavy atom. The van der Waals surface area contributed by atoms with E-state index in [4.69, 9.17) is 4.74 Å². The minimum atomic E-state index is -3.72. The van der Waals surface area contributed by atoms with Crippen molar-refractivity contribution in [3.8, 4) is 17.6 Å². The Labute approximate surface area is 180 Å². The number of alkyl halides is 2. The summed E-state index contributed by atoms with van der Waals surface area (Å²) >= 11 is 0. The average Bonchev–Trinajstić information content (AvgIpc) is 3.20.